The summed E-state index contributed by atoms with van der Waals surface area (Å²) in [7, 11) is 5.03. The largest absolute Gasteiger partial charge is 0.497 e. The van der Waals surface area contributed by atoms with Crippen molar-refractivity contribution in [1.82, 2.24) is 4.57 Å². The highest BCUT2D eigenvalue weighted by atomic mass is 32.1. The number of ether oxygens (including phenoxy) is 2. The average Bonchev–Trinajstić information content (AvgIpc) is 2.80. The highest BCUT2D eigenvalue weighted by molar-refractivity contribution is 7.07. The van der Waals surface area contributed by atoms with Gasteiger partial charge in [0.05, 0.1) is 25.2 Å². The third kappa shape index (κ3) is 2.50. The maximum atomic E-state index is 10.2. The molecule has 100 valence electrons. The number of aromatic nitrogens is 1. The first kappa shape index (κ1) is 13.3. The summed E-state index contributed by atoms with van der Waals surface area (Å²) in [5, 5.41) is 7.98. The average molecular weight is 279 g/mol. The van der Waals surface area contributed by atoms with Crippen LogP contribution in [-0.2, 0) is 7.05 Å². The molecule has 0 aliphatic carbocycles. The van der Waals surface area contributed by atoms with Crippen LogP contribution in [0, 0.1) is 4.91 Å². The van der Waals surface area contributed by atoms with E-state index in [4.69, 9.17) is 9.47 Å². The number of hydrogen-bond donors (Lipinski definition) is 0. The van der Waals surface area contributed by atoms with Gasteiger partial charge in [0.2, 0.25) is 4.80 Å². The molecule has 0 fully saturated rings. The summed E-state index contributed by atoms with van der Waals surface area (Å²) < 4.78 is 12.3. The zero-order valence-electron chi connectivity index (χ0n) is 10.8. The zero-order valence-corrected chi connectivity index (χ0v) is 11.6. The minimum Gasteiger partial charge on any atom is -0.497 e. The number of benzene rings is 1. The lowest BCUT2D eigenvalue weighted by Gasteiger charge is -2.10. The van der Waals surface area contributed by atoms with E-state index >= 15 is 0 Å². The summed E-state index contributed by atoms with van der Waals surface area (Å²) in [6.07, 6.45) is 0. The second-order valence-electron chi connectivity index (χ2n) is 3.71. The zero-order chi connectivity index (χ0) is 13.8. The molecule has 1 aromatic heterocycles. The number of hydrogen-bond acceptors (Lipinski definition) is 5. The predicted octanol–water partition coefficient (Wildman–Crippen LogP) is 2.35. The Morgan fingerprint density at radius 3 is 2.68 bits per heavy atom. The SMILES string of the molecule is COc1ccc(OC)c(-c2cs/c(=N\N=O)n2C)c1. The number of nitroso groups, excluding NO2 is 1. The van der Waals surface area contributed by atoms with Crippen molar-refractivity contribution in [2.24, 2.45) is 17.4 Å². The summed E-state index contributed by atoms with van der Waals surface area (Å²) in [6, 6.07) is 5.53. The predicted molar refractivity (Wildman–Crippen MR) is 73.2 cm³/mol. The van der Waals surface area contributed by atoms with Gasteiger partial charge in [-0.1, -0.05) is 5.10 Å². The van der Waals surface area contributed by atoms with Gasteiger partial charge in [-0.3, -0.25) is 0 Å². The Kier molecular flexibility index (Phi) is 3.96. The highest BCUT2D eigenvalue weighted by Crippen LogP contribution is 2.33. The number of rotatable bonds is 4. The quantitative estimate of drug-likeness (QED) is 0.637. The van der Waals surface area contributed by atoms with Gasteiger partial charge in [0.1, 0.15) is 11.5 Å². The van der Waals surface area contributed by atoms with Crippen molar-refractivity contribution in [3.63, 3.8) is 0 Å². The monoisotopic (exact) mass is 279 g/mol. The normalized spacial score (nSPS) is 11.4. The van der Waals surface area contributed by atoms with Crippen LogP contribution in [0.25, 0.3) is 11.3 Å². The Bertz CT molecular complexity index is 660. The standard InChI is InChI=1S/C12H13N3O3S/c1-15-10(7-19-12(15)13-14-16)9-6-8(17-2)4-5-11(9)18-3/h4-7H,1-3H3/b13-12-. The molecule has 7 heteroatoms. The molecule has 0 saturated heterocycles. The van der Waals surface area contributed by atoms with E-state index in [1.54, 1.807) is 18.8 Å². The lowest BCUT2D eigenvalue weighted by atomic mass is 10.1. The molecule has 19 heavy (non-hydrogen) atoms. The maximum Gasteiger partial charge on any atom is 0.214 e. The van der Waals surface area contributed by atoms with Crippen molar-refractivity contribution in [3.8, 4) is 22.8 Å². The molecule has 0 aliphatic rings. The van der Waals surface area contributed by atoms with Gasteiger partial charge in [-0.2, -0.15) is 0 Å². The van der Waals surface area contributed by atoms with Gasteiger partial charge in [-0.25, -0.2) is 0 Å². The minimum atomic E-state index is 0.523. The van der Waals surface area contributed by atoms with Crippen molar-refractivity contribution in [2.45, 2.75) is 0 Å². The summed E-state index contributed by atoms with van der Waals surface area (Å²) in [4.78, 5) is 10.8. The summed E-state index contributed by atoms with van der Waals surface area (Å²) in [5.41, 5.74) is 1.75. The molecule has 0 bridgehead atoms. The molecule has 0 aliphatic heterocycles. The van der Waals surface area contributed by atoms with Crippen LogP contribution in [0.1, 0.15) is 0 Å². The fourth-order valence-corrected chi connectivity index (χ4v) is 2.59. The molecule has 1 heterocycles. The number of thiazole rings is 1. The molecule has 0 unspecified atom stereocenters. The van der Waals surface area contributed by atoms with Gasteiger partial charge < -0.3 is 14.0 Å². The summed E-state index contributed by atoms with van der Waals surface area (Å²) in [5.74, 6) is 1.45. The van der Waals surface area contributed by atoms with Crippen molar-refractivity contribution < 1.29 is 9.47 Å². The Balaban J connectivity index is 2.63. The molecular formula is C12H13N3O3S. The molecule has 0 radical (unpaired) electrons. The molecule has 2 aromatic rings. The van der Waals surface area contributed by atoms with E-state index in [0.717, 1.165) is 22.8 Å². The molecule has 0 amide bonds. The molecule has 2 rings (SSSR count). The first-order valence-corrected chi connectivity index (χ1v) is 6.32. The first-order chi connectivity index (χ1) is 9.21. The Morgan fingerprint density at radius 1 is 1.26 bits per heavy atom. The fraction of sp³-hybridized carbons (Fsp3) is 0.250. The topological polar surface area (TPSA) is 65.2 Å². The van der Waals surface area contributed by atoms with Crippen LogP contribution in [0.15, 0.2) is 34.0 Å². The van der Waals surface area contributed by atoms with Crippen molar-refractivity contribution >= 4 is 11.3 Å². The van der Waals surface area contributed by atoms with Crippen LogP contribution in [-0.4, -0.2) is 18.8 Å². The Hall–Kier alpha value is -2.15. The number of methoxy groups -OCH3 is 2. The van der Waals surface area contributed by atoms with E-state index < -0.39 is 0 Å². The van der Waals surface area contributed by atoms with E-state index in [9.17, 15) is 4.91 Å². The molecule has 0 N–H and O–H groups in total. The maximum absolute atomic E-state index is 10.2. The number of nitrogens with zero attached hydrogens (tertiary/aromatic N) is 3. The van der Waals surface area contributed by atoms with Crippen LogP contribution < -0.4 is 14.3 Å². The lowest BCUT2D eigenvalue weighted by molar-refractivity contribution is 0.404. The van der Waals surface area contributed by atoms with Gasteiger partial charge in [0, 0.05) is 18.0 Å². The highest BCUT2D eigenvalue weighted by Gasteiger charge is 2.12. The van der Waals surface area contributed by atoms with Gasteiger partial charge in [-0.05, 0) is 18.2 Å². The Morgan fingerprint density at radius 2 is 2.05 bits per heavy atom. The van der Waals surface area contributed by atoms with Crippen molar-refractivity contribution in [3.05, 3.63) is 33.3 Å². The van der Waals surface area contributed by atoms with E-state index in [1.807, 2.05) is 30.6 Å². The summed E-state index contributed by atoms with van der Waals surface area (Å²) in [6.45, 7) is 0. The minimum absolute atomic E-state index is 0.523. The smallest absolute Gasteiger partial charge is 0.214 e. The molecular weight excluding hydrogens is 266 g/mol. The molecule has 6 nitrogen and oxygen atoms in total. The van der Waals surface area contributed by atoms with Crippen molar-refractivity contribution in [1.29, 1.82) is 0 Å². The molecule has 0 atom stereocenters. The van der Waals surface area contributed by atoms with Crippen LogP contribution >= 0.6 is 11.3 Å². The third-order valence-electron chi connectivity index (χ3n) is 2.73. The van der Waals surface area contributed by atoms with Gasteiger partial charge in [-0.15, -0.1) is 16.2 Å². The van der Waals surface area contributed by atoms with Crippen LogP contribution in [0.5, 0.6) is 11.5 Å². The van der Waals surface area contributed by atoms with Gasteiger partial charge >= 0.3 is 0 Å². The van der Waals surface area contributed by atoms with Gasteiger partial charge in [0.25, 0.3) is 0 Å². The van der Waals surface area contributed by atoms with Crippen LogP contribution in [0.3, 0.4) is 0 Å². The Labute approximate surface area is 113 Å². The fourth-order valence-electron chi connectivity index (χ4n) is 1.75. The molecule has 0 saturated carbocycles. The third-order valence-corrected chi connectivity index (χ3v) is 3.64. The summed E-state index contributed by atoms with van der Waals surface area (Å²) >= 11 is 1.33. The first-order valence-electron chi connectivity index (χ1n) is 5.44. The molecule has 0 spiro atoms. The van der Waals surface area contributed by atoms with Crippen LogP contribution in [0.2, 0.25) is 0 Å². The van der Waals surface area contributed by atoms with E-state index in [1.165, 1.54) is 11.3 Å². The van der Waals surface area contributed by atoms with E-state index in [2.05, 4.69) is 10.4 Å². The lowest BCUT2D eigenvalue weighted by Crippen LogP contribution is -2.10. The van der Waals surface area contributed by atoms with E-state index in [0.29, 0.717) is 4.80 Å². The molecule has 1 aromatic carbocycles. The van der Waals surface area contributed by atoms with Crippen molar-refractivity contribution in [2.75, 3.05) is 14.2 Å². The second-order valence-corrected chi connectivity index (χ2v) is 4.55. The van der Waals surface area contributed by atoms with Crippen LogP contribution in [0.4, 0.5) is 0 Å². The second kappa shape index (κ2) is 5.66. The van der Waals surface area contributed by atoms with E-state index in [-0.39, 0.29) is 0 Å². The van der Waals surface area contributed by atoms with Gasteiger partial charge in [0.15, 0.2) is 0 Å².